The molecule has 1 aromatic rings. The number of nitrogens with one attached hydrogen (secondary N) is 1. The van der Waals surface area contributed by atoms with E-state index in [9.17, 15) is 4.79 Å². The van der Waals surface area contributed by atoms with Crippen LogP contribution < -0.4 is 16.0 Å². The second-order valence-electron chi connectivity index (χ2n) is 5.11. The van der Waals surface area contributed by atoms with Crippen LogP contribution in [0.2, 0.25) is 0 Å². The molecule has 0 aromatic carbocycles. The maximum atomic E-state index is 12.0. The molecule has 18 heavy (non-hydrogen) atoms. The fraction of sp³-hybridized carbons (Fsp3) is 0.538. The number of pyridine rings is 1. The van der Waals surface area contributed by atoms with Crippen molar-refractivity contribution >= 4 is 17.3 Å². The average Bonchev–Trinajstić information content (AvgIpc) is 2.83. The van der Waals surface area contributed by atoms with E-state index in [4.69, 9.17) is 5.73 Å². The molecule has 1 amide bonds. The van der Waals surface area contributed by atoms with Gasteiger partial charge in [0.05, 0.1) is 24.2 Å². The first-order valence-corrected chi connectivity index (χ1v) is 6.49. The number of carbonyl (C=O) groups excluding carboxylic acids is 1. The molecule has 5 heteroatoms. The summed E-state index contributed by atoms with van der Waals surface area (Å²) >= 11 is 0. The first-order valence-electron chi connectivity index (χ1n) is 6.49. The number of carbonyl (C=O) groups is 1. The lowest BCUT2D eigenvalue weighted by atomic mass is 9.79. The predicted octanol–water partition coefficient (Wildman–Crippen LogP) is 1.46. The van der Waals surface area contributed by atoms with Crippen LogP contribution in [-0.2, 0) is 4.79 Å². The van der Waals surface area contributed by atoms with Gasteiger partial charge in [0.25, 0.3) is 0 Å². The highest BCUT2D eigenvalue weighted by atomic mass is 16.1. The van der Waals surface area contributed by atoms with Gasteiger partial charge in [-0.25, -0.2) is 0 Å². The number of hydrogen-bond acceptors (Lipinski definition) is 4. The van der Waals surface area contributed by atoms with Gasteiger partial charge in [-0.1, -0.05) is 19.3 Å². The molecule has 1 saturated carbocycles. The van der Waals surface area contributed by atoms with Crippen LogP contribution in [0.25, 0.3) is 0 Å². The molecular formula is C13H18N4O. The summed E-state index contributed by atoms with van der Waals surface area (Å²) in [6, 6.07) is 1.95. The number of amides is 1. The van der Waals surface area contributed by atoms with E-state index in [1.807, 2.05) is 6.07 Å². The molecule has 2 heterocycles. The average molecular weight is 246 g/mol. The molecule has 96 valence electrons. The molecule has 0 bridgehead atoms. The first-order chi connectivity index (χ1) is 8.74. The number of rotatable bonds is 2. The van der Waals surface area contributed by atoms with E-state index in [2.05, 4.69) is 15.2 Å². The molecule has 3 rings (SSSR count). The Labute approximate surface area is 106 Å². The van der Waals surface area contributed by atoms with E-state index in [1.165, 1.54) is 6.42 Å². The zero-order valence-corrected chi connectivity index (χ0v) is 10.4. The molecule has 1 aromatic heterocycles. The van der Waals surface area contributed by atoms with Crippen LogP contribution in [0.4, 0.5) is 11.4 Å². The van der Waals surface area contributed by atoms with Gasteiger partial charge in [0, 0.05) is 6.20 Å². The van der Waals surface area contributed by atoms with Crippen LogP contribution in [-0.4, -0.2) is 23.1 Å². The molecule has 0 saturated heterocycles. The SMILES string of the molecule is NC(=O)C1(N2CNc3cnccc32)CCCCC1. The van der Waals surface area contributed by atoms with Crippen molar-refractivity contribution in [1.82, 2.24) is 4.98 Å². The third-order valence-electron chi connectivity index (χ3n) is 4.17. The Kier molecular flexibility index (Phi) is 2.61. The van der Waals surface area contributed by atoms with Crippen molar-refractivity contribution in [3.63, 3.8) is 0 Å². The largest absolute Gasteiger partial charge is 0.368 e. The Morgan fingerprint density at radius 2 is 2.17 bits per heavy atom. The molecule has 1 fully saturated rings. The molecular weight excluding hydrogens is 228 g/mol. The van der Waals surface area contributed by atoms with Crippen molar-refractivity contribution in [1.29, 1.82) is 0 Å². The molecule has 5 nitrogen and oxygen atoms in total. The van der Waals surface area contributed by atoms with Gasteiger partial charge in [0.15, 0.2) is 0 Å². The van der Waals surface area contributed by atoms with Gasteiger partial charge >= 0.3 is 0 Å². The number of primary amides is 1. The molecule has 3 N–H and O–H groups in total. The fourth-order valence-corrected chi connectivity index (χ4v) is 3.18. The van der Waals surface area contributed by atoms with Crippen LogP contribution in [0.5, 0.6) is 0 Å². The number of fused-ring (bicyclic) bond motifs is 1. The van der Waals surface area contributed by atoms with Gasteiger partial charge in [-0.05, 0) is 18.9 Å². The van der Waals surface area contributed by atoms with Crippen LogP contribution in [0.3, 0.4) is 0 Å². The van der Waals surface area contributed by atoms with Gasteiger partial charge in [-0.2, -0.15) is 0 Å². The quantitative estimate of drug-likeness (QED) is 0.828. The van der Waals surface area contributed by atoms with Crippen LogP contribution >= 0.6 is 0 Å². The Bertz CT molecular complexity index is 468. The van der Waals surface area contributed by atoms with Crippen molar-refractivity contribution in [2.75, 3.05) is 16.9 Å². The number of nitrogens with two attached hydrogens (primary N) is 1. The van der Waals surface area contributed by atoms with Crippen molar-refractivity contribution < 1.29 is 4.79 Å². The maximum absolute atomic E-state index is 12.0. The summed E-state index contributed by atoms with van der Waals surface area (Å²) in [5.74, 6) is -0.200. The lowest BCUT2D eigenvalue weighted by Gasteiger charge is -2.42. The standard InChI is InChI=1S/C13H18N4O/c14-12(18)13(5-2-1-3-6-13)17-9-16-10-8-15-7-4-11(10)17/h4,7-8,16H,1-3,5-6,9H2,(H2,14,18). The summed E-state index contributed by atoms with van der Waals surface area (Å²) in [5.41, 5.74) is 7.24. The zero-order valence-electron chi connectivity index (χ0n) is 10.4. The van der Waals surface area contributed by atoms with E-state index in [1.54, 1.807) is 12.4 Å². The molecule has 1 aliphatic carbocycles. The highest BCUT2D eigenvalue weighted by molar-refractivity contribution is 5.91. The zero-order chi connectivity index (χ0) is 12.6. The fourth-order valence-electron chi connectivity index (χ4n) is 3.18. The Hall–Kier alpha value is -1.78. The van der Waals surface area contributed by atoms with E-state index in [-0.39, 0.29) is 5.91 Å². The molecule has 2 aliphatic rings. The Balaban J connectivity index is 2.00. The summed E-state index contributed by atoms with van der Waals surface area (Å²) in [6.07, 6.45) is 8.60. The van der Waals surface area contributed by atoms with Gasteiger partial charge in [-0.3, -0.25) is 9.78 Å². The second-order valence-corrected chi connectivity index (χ2v) is 5.11. The van der Waals surface area contributed by atoms with Crippen LogP contribution in [0.1, 0.15) is 32.1 Å². The van der Waals surface area contributed by atoms with Crippen LogP contribution in [0, 0.1) is 0 Å². The molecule has 0 spiro atoms. The van der Waals surface area contributed by atoms with Gasteiger partial charge in [0.1, 0.15) is 5.54 Å². The van der Waals surface area contributed by atoms with Crippen molar-refractivity contribution in [3.05, 3.63) is 18.5 Å². The van der Waals surface area contributed by atoms with E-state index in [0.29, 0.717) is 6.67 Å². The number of nitrogens with zero attached hydrogens (tertiary/aromatic N) is 2. The summed E-state index contributed by atoms with van der Waals surface area (Å²) in [6.45, 7) is 0.643. The third-order valence-corrected chi connectivity index (χ3v) is 4.17. The highest BCUT2D eigenvalue weighted by Gasteiger charge is 2.45. The molecule has 1 aliphatic heterocycles. The monoisotopic (exact) mass is 246 g/mol. The lowest BCUT2D eigenvalue weighted by molar-refractivity contribution is -0.124. The number of anilines is 2. The lowest BCUT2D eigenvalue weighted by Crippen LogP contribution is -2.58. The van der Waals surface area contributed by atoms with E-state index in [0.717, 1.165) is 37.1 Å². The Morgan fingerprint density at radius 3 is 2.89 bits per heavy atom. The summed E-state index contributed by atoms with van der Waals surface area (Å²) in [4.78, 5) is 18.2. The normalized spacial score (nSPS) is 21.2. The topological polar surface area (TPSA) is 71.2 Å². The minimum atomic E-state index is -0.516. The Morgan fingerprint density at radius 1 is 1.39 bits per heavy atom. The summed E-state index contributed by atoms with van der Waals surface area (Å²) in [5, 5.41) is 3.28. The number of aromatic nitrogens is 1. The summed E-state index contributed by atoms with van der Waals surface area (Å²) in [7, 11) is 0. The summed E-state index contributed by atoms with van der Waals surface area (Å²) < 4.78 is 0. The van der Waals surface area contributed by atoms with Gasteiger partial charge < -0.3 is 16.0 Å². The number of hydrogen-bond donors (Lipinski definition) is 2. The maximum Gasteiger partial charge on any atom is 0.243 e. The minimum Gasteiger partial charge on any atom is -0.368 e. The predicted molar refractivity (Wildman–Crippen MR) is 70.2 cm³/mol. The highest BCUT2D eigenvalue weighted by Crippen LogP contribution is 2.41. The molecule has 0 atom stereocenters. The molecule has 0 unspecified atom stereocenters. The van der Waals surface area contributed by atoms with Crippen molar-refractivity contribution in [3.8, 4) is 0 Å². The molecule has 0 radical (unpaired) electrons. The minimum absolute atomic E-state index is 0.200. The van der Waals surface area contributed by atoms with E-state index < -0.39 is 5.54 Å². The van der Waals surface area contributed by atoms with Crippen molar-refractivity contribution in [2.24, 2.45) is 5.73 Å². The van der Waals surface area contributed by atoms with Gasteiger partial charge in [-0.15, -0.1) is 0 Å². The van der Waals surface area contributed by atoms with E-state index >= 15 is 0 Å². The van der Waals surface area contributed by atoms with Gasteiger partial charge in [0.2, 0.25) is 5.91 Å². The third kappa shape index (κ3) is 1.54. The first kappa shape index (κ1) is 11.3. The smallest absolute Gasteiger partial charge is 0.243 e. The second kappa shape index (κ2) is 4.15. The van der Waals surface area contributed by atoms with Crippen molar-refractivity contribution in [2.45, 2.75) is 37.6 Å². The van der Waals surface area contributed by atoms with Crippen LogP contribution in [0.15, 0.2) is 18.5 Å².